The van der Waals surface area contributed by atoms with Gasteiger partial charge in [0.15, 0.2) is 12.4 Å². The van der Waals surface area contributed by atoms with Crippen molar-refractivity contribution in [2.75, 3.05) is 11.9 Å². The quantitative estimate of drug-likeness (QED) is 0.646. The Bertz CT molecular complexity index is 772. The minimum absolute atomic E-state index is 1.18. The van der Waals surface area contributed by atoms with Crippen molar-refractivity contribution in [1.82, 2.24) is 0 Å². The van der Waals surface area contributed by atoms with Crippen LogP contribution in [0.15, 0.2) is 79.1 Å². The van der Waals surface area contributed by atoms with Gasteiger partial charge in [-0.1, -0.05) is 42.5 Å². The van der Waals surface area contributed by atoms with Crippen molar-refractivity contribution < 1.29 is 4.57 Å². The minimum atomic E-state index is 1.18. The lowest BCUT2D eigenvalue weighted by Crippen LogP contribution is -2.25. The van der Waals surface area contributed by atoms with Gasteiger partial charge in [-0.3, -0.25) is 0 Å². The summed E-state index contributed by atoms with van der Waals surface area (Å²) < 4.78 is 2.03. The lowest BCUT2D eigenvalue weighted by molar-refractivity contribution is -0.671. The molecule has 0 saturated heterocycles. The molecule has 1 heterocycles. The molecule has 0 N–H and O–H groups in total. The van der Waals surface area contributed by atoms with Crippen LogP contribution in [0, 0.1) is 0 Å². The summed E-state index contributed by atoms with van der Waals surface area (Å²) in [5.41, 5.74) is 4.77. The normalized spacial score (nSPS) is 10.9. The summed E-state index contributed by atoms with van der Waals surface area (Å²) in [6, 6.07) is 23.2. The van der Waals surface area contributed by atoms with Crippen molar-refractivity contribution in [3.63, 3.8) is 0 Å². The fraction of sp³-hybridized carbons (Fsp3) is 0.0952. The van der Waals surface area contributed by atoms with Crippen molar-refractivity contribution in [2.24, 2.45) is 7.05 Å². The van der Waals surface area contributed by atoms with Gasteiger partial charge in [0.05, 0.1) is 0 Å². The van der Waals surface area contributed by atoms with Crippen LogP contribution in [0.2, 0.25) is 0 Å². The average Bonchev–Trinajstić information content (AvgIpc) is 2.62. The number of nitrogens with zero attached hydrogens (tertiary/aromatic N) is 2. The van der Waals surface area contributed by atoms with Crippen LogP contribution >= 0.6 is 0 Å². The van der Waals surface area contributed by atoms with E-state index in [-0.39, 0.29) is 0 Å². The van der Waals surface area contributed by atoms with Crippen molar-refractivity contribution in [2.45, 2.75) is 0 Å². The molecular formula is C21H21N2+. The zero-order chi connectivity index (χ0) is 16.1. The van der Waals surface area contributed by atoms with Gasteiger partial charge in [-0.15, -0.1) is 0 Å². The van der Waals surface area contributed by atoms with E-state index >= 15 is 0 Å². The molecule has 0 atom stereocenters. The molecule has 0 radical (unpaired) electrons. The average molecular weight is 301 g/mol. The van der Waals surface area contributed by atoms with E-state index in [0.29, 0.717) is 0 Å². The first-order valence-corrected chi connectivity index (χ1v) is 7.74. The van der Waals surface area contributed by atoms with Crippen molar-refractivity contribution >= 4 is 23.5 Å². The number of benzene rings is 2. The third-order valence-corrected chi connectivity index (χ3v) is 3.90. The third kappa shape index (κ3) is 3.86. The largest absolute Gasteiger partial charge is 0.345 e. The first-order valence-electron chi connectivity index (χ1n) is 7.74. The molecule has 0 saturated carbocycles. The monoisotopic (exact) mass is 301 g/mol. The summed E-state index contributed by atoms with van der Waals surface area (Å²) in [4.78, 5) is 2.19. The predicted molar refractivity (Wildman–Crippen MR) is 97.5 cm³/mol. The van der Waals surface area contributed by atoms with E-state index in [9.17, 15) is 0 Å². The number of anilines is 2. The molecule has 0 fully saturated rings. The molecule has 23 heavy (non-hydrogen) atoms. The number of aromatic nitrogens is 1. The van der Waals surface area contributed by atoms with Gasteiger partial charge < -0.3 is 4.90 Å². The number of hydrogen-bond donors (Lipinski definition) is 0. The van der Waals surface area contributed by atoms with Gasteiger partial charge >= 0.3 is 0 Å². The maximum absolute atomic E-state index is 2.19. The van der Waals surface area contributed by atoms with Crippen LogP contribution in [0.4, 0.5) is 11.4 Å². The Morgan fingerprint density at radius 2 is 1.22 bits per heavy atom. The summed E-state index contributed by atoms with van der Waals surface area (Å²) in [5.74, 6) is 0. The Hall–Kier alpha value is -2.87. The second-order valence-electron chi connectivity index (χ2n) is 5.62. The zero-order valence-electron chi connectivity index (χ0n) is 13.6. The van der Waals surface area contributed by atoms with Gasteiger partial charge in [0.2, 0.25) is 0 Å². The molecule has 1 aromatic heterocycles. The van der Waals surface area contributed by atoms with Crippen LogP contribution in [0.3, 0.4) is 0 Å². The molecule has 3 rings (SSSR count). The second kappa shape index (κ2) is 6.93. The van der Waals surface area contributed by atoms with Gasteiger partial charge in [0, 0.05) is 30.6 Å². The van der Waals surface area contributed by atoms with E-state index in [2.05, 4.69) is 97.2 Å². The van der Waals surface area contributed by atoms with Crippen LogP contribution in [-0.2, 0) is 7.05 Å². The molecule has 0 bridgehead atoms. The van der Waals surface area contributed by atoms with Gasteiger partial charge in [-0.05, 0) is 35.4 Å². The SMILES string of the molecule is CN(c1ccccc1)c1ccc(/C=C/c2cc[n+](C)cc2)cc1. The topological polar surface area (TPSA) is 7.12 Å². The van der Waals surface area contributed by atoms with Gasteiger partial charge in [-0.2, -0.15) is 0 Å². The van der Waals surface area contributed by atoms with Crippen LogP contribution in [0.25, 0.3) is 12.2 Å². The van der Waals surface area contributed by atoms with Gasteiger partial charge in [0.1, 0.15) is 7.05 Å². The highest BCUT2D eigenvalue weighted by atomic mass is 15.1. The molecule has 0 spiro atoms. The first kappa shape index (κ1) is 15.0. The highest BCUT2D eigenvalue weighted by molar-refractivity contribution is 5.71. The standard InChI is InChI=1S/C21H21N2/c1-22-16-14-19(15-17-22)9-8-18-10-12-21(13-11-18)23(2)20-6-4-3-5-7-20/h3-17H,1-2H3/q+1. The van der Waals surface area contributed by atoms with Crippen molar-refractivity contribution in [1.29, 1.82) is 0 Å². The summed E-state index contributed by atoms with van der Waals surface area (Å²) in [7, 11) is 4.11. The molecule has 2 heteroatoms. The highest BCUT2D eigenvalue weighted by Crippen LogP contribution is 2.23. The highest BCUT2D eigenvalue weighted by Gasteiger charge is 2.02. The predicted octanol–water partition coefficient (Wildman–Crippen LogP) is 4.45. The summed E-state index contributed by atoms with van der Waals surface area (Å²) in [6.07, 6.45) is 8.38. The van der Waals surface area contributed by atoms with Crippen LogP contribution < -0.4 is 9.47 Å². The van der Waals surface area contributed by atoms with E-state index in [4.69, 9.17) is 0 Å². The Morgan fingerprint density at radius 1 is 0.696 bits per heavy atom. The Kier molecular flexibility index (Phi) is 4.53. The fourth-order valence-electron chi connectivity index (χ4n) is 2.43. The maximum atomic E-state index is 2.19. The molecule has 0 aliphatic rings. The van der Waals surface area contributed by atoms with Crippen molar-refractivity contribution in [3.05, 3.63) is 90.3 Å². The van der Waals surface area contributed by atoms with Crippen LogP contribution in [0.5, 0.6) is 0 Å². The summed E-state index contributed by atoms with van der Waals surface area (Å²) in [5, 5.41) is 0. The van der Waals surface area contributed by atoms with Gasteiger partial charge in [-0.25, -0.2) is 4.57 Å². The Balaban J connectivity index is 1.73. The molecule has 114 valence electrons. The molecular weight excluding hydrogens is 280 g/mol. The van der Waals surface area contributed by atoms with Crippen molar-refractivity contribution in [3.8, 4) is 0 Å². The molecule has 0 aliphatic carbocycles. The van der Waals surface area contributed by atoms with E-state index in [0.717, 1.165) is 0 Å². The first-order chi connectivity index (χ1) is 11.2. The lowest BCUT2D eigenvalue weighted by atomic mass is 10.1. The zero-order valence-corrected chi connectivity index (χ0v) is 13.6. The van der Waals surface area contributed by atoms with Crippen LogP contribution in [-0.4, -0.2) is 7.05 Å². The fourth-order valence-corrected chi connectivity index (χ4v) is 2.43. The summed E-state index contributed by atoms with van der Waals surface area (Å²) >= 11 is 0. The molecule has 3 aromatic rings. The molecule has 2 aromatic carbocycles. The third-order valence-electron chi connectivity index (χ3n) is 3.90. The molecule has 0 aliphatic heterocycles. The molecule has 0 amide bonds. The number of hydrogen-bond acceptors (Lipinski definition) is 1. The minimum Gasteiger partial charge on any atom is -0.345 e. The maximum Gasteiger partial charge on any atom is 0.169 e. The van der Waals surface area contributed by atoms with E-state index in [1.54, 1.807) is 0 Å². The lowest BCUT2D eigenvalue weighted by Gasteiger charge is -2.19. The van der Waals surface area contributed by atoms with E-state index < -0.39 is 0 Å². The summed E-state index contributed by atoms with van der Waals surface area (Å²) in [6.45, 7) is 0. The number of para-hydroxylation sites is 1. The Morgan fingerprint density at radius 3 is 1.83 bits per heavy atom. The van der Waals surface area contributed by atoms with E-state index in [1.165, 1.54) is 22.5 Å². The number of aryl methyl sites for hydroxylation is 1. The Labute approximate surface area is 138 Å². The van der Waals surface area contributed by atoms with E-state index in [1.807, 2.05) is 17.7 Å². The van der Waals surface area contributed by atoms with Gasteiger partial charge in [0.25, 0.3) is 0 Å². The van der Waals surface area contributed by atoms with Crippen LogP contribution in [0.1, 0.15) is 11.1 Å². The molecule has 0 unspecified atom stereocenters. The number of pyridine rings is 1. The second-order valence-corrected chi connectivity index (χ2v) is 5.62. The smallest absolute Gasteiger partial charge is 0.169 e. The number of rotatable bonds is 4. The molecule has 2 nitrogen and oxygen atoms in total.